The lowest BCUT2D eigenvalue weighted by Gasteiger charge is -2.19. The van der Waals surface area contributed by atoms with Crippen LogP contribution >= 0.6 is 25.2 Å². The summed E-state index contributed by atoms with van der Waals surface area (Å²) in [5.41, 5.74) is 2.85. The van der Waals surface area contributed by atoms with Crippen molar-refractivity contribution in [1.82, 2.24) is 9.97 Å². The molecule has 0 radical (unpaired) electrons. The highest BCUT2D eigenvalue weighted by Crippen LogP contribution is 2.37. The second kappa shape index (κ2) is 7.59. The summed E-state index contributed by atoms with van der Waals surface area (Å²) in [6.07, 6.45) is 1.52. The van der Waals surface area contributed by atoms with Crippen LogP contribution in [0.2, 0.25) is 0 Å². The average molecular weight is 364 g/mol. The summed E-state index contributed by atoms with van der Waals surface area (Å²) in [6.45, 7) is 2.04. The van der Waals surface area contributed by atoms with Crippen molar-refractivity contribution in [3.63, 3.8) is 0 Å². The first-order valence-electron chi connectivity index (χ1n) is 7.06. The Morgan fingerprint density at radius 2 is 1.71 bits per heavy atom. The number of halogens is 1. The molecule has 5 nitrogen and oxygen atoms in total. The third kappa shape index (κ3) is 3.34. The van der Waals surface area contributed by atoms with E-state index in [9.17, 15) is 0 Å². The number of anilines is 2. The molecule has 7 heteroatoms. The number of fused-ring (bicyclic) bond motifs is 1. The standard InChI is InChI=1S/C17H17N3O2S.ClH/c1-11-5-4-6-12(7-11)20(23)17-13-8-15(21-2)16(22-3)9-14(13)18-10-19-17;/h4-10,23H,1-3H3;1H. The van der Waals surface area contributed by atoms with E-state index >= 15 is 0 Å². The molecule has 0 spiro atoms. The second-order valence-corrected chi connectivity index (χ2v) is 5.47. The van der Waals surface area contributed by atoms with Crippen molar-refractivity contribution in [1.29, 1.82) is 0 Å². The van der Waals surface area contributed by atoms with Crippen molar-refractivity contribution < 1.29 is 9.47 Å². The number of aryl methyl sites for hydroxylation is 1. The SMILES string of the molecule is COc1cc2ncnc(N(S)c3cccc(C)c3)c2cc1OC.Cl. The van der Waals surface area contributed by atoms with Crippen LogP contribution in [0.3, 0.4) is 0 Å². The van der Waals surface area contributed by atoms with Gasteiger partial charge < -0.3 is 9.47 Å². The molecule has 0 amide bonds. The van der Waals surface area contributed by atoms with Crippen LogP contribution in [-0.4, -0.2) is 24.2 Å². The molecule has 0 fully saturated rings. The normalized spacial score (nSPS) is 10.2. The number of nitrogens with zero attached hydrogens (tertiary/aromatic N) is 3. The third-order valence-electron chi connectivity index (χ3n) is 3.57. The number of methoxy groups -OCH3 is 2. The minimum absolute atomic E-state index is 0. The lowest BCUT2D eigenvalue weighted by atomic mass is 10.2. The van der Waals surface area contributed by atoms with Crippen molar-refractivity contribution in [3.05, 3.63) is 48.3 Å². The van der Waals surface area contributed by atoms with Gasteiger partial charge in [-0.3, -0.25) is 4.31 Å². The average Bonchev–Trinajstić information content (AvgIpc) is 2.59. The predicted molar refractivity (Wildman–Crippen MR) is 102 cm³/mol. The zero-order valence-electron chi connectivity index (χ0n) is 13.6. The fraction of sp³-hybridized carbons (Fsp3) is 0.176. The first-order valence-corrected chi connectivity index (χ1v) is 7.46. The van der Waals surface area contributed by atoms with Gasteiger partial charge in [0.15, 0.2) is 17.3 Å². The van der Waals surface area contributed by atoms with Crippen LogP contribution in [0.15, 0.2) is 42.7 Å². The van der Waals surface area contributed by atoms with E-state index < -0.39 is 0 Å². The van der Waals surface area contributed by atoms with E-state index in [2.05, 4.69) is 22.8 Å². The van der Waals surface area contributed by atoms with Gasteiger partial charge in [-0.15, -0.1) is 12.4 Å². The van der Waals surface area contributed by atoms with Crippen molar-refractivity contribution in [3.8, 4) is 11.5 Å². The van der Waals surface area contributed by atoms with Crippen LogP contribution in [0.4, 0.5) is 11.5 Å². The molecule has 0 N–H and O–H groups in total. The maximum Gasteiger partial charge on any atom is 0.162 e. The zero-order chi connectivity index (χ0) is 16.4. The van der Waals surface area contributed by atoms with E-state index in [0.717, 1.165) is 22.2 Å². The summed E-state index contributed by atoms with van der Waals surface area (Å²) in [5, 5.41) is 0.835. The molecule has 0 saturated carbocycles. The topological polar surface area (TPSA) is 47.5 Å². The Morgan fingerprint density at radius 3 is 2.38 bits per heavy atom. The number of benzene rings is 2. The van der Waals surface area contributed by atoms with E-state index in [1.54, 1.807) is 18.5 Å². The number of rotatable bonds is 4. The lowest BCUT2D eigenvalue weighted by Crippen LogP contribution is -2.06. The van der Waals surface area contributed by atoms with Crippen molar-refractivity contribution in [2.45, 2.75) is 6.92 Å². The third-order valence-corrected chi connectivity index (χ3v) is 3.99. The summed E-state index contributed by atoms with van der Waals surface area (Å²) >= 11 is 4.62. The van der Waals surface area contributed by atoms with Gasteiger partial charge in [-0.05, 0) is 30.7 Å². The van der Waals surface area contributed by atoms with E-state index in [4.69, 9.17) is 9.47 Å². The Bertz CT molecular complexity index is 860. The van der Waals surface area contributed by atoms with Crippen LogP contribution in [0, 0.1) is 6.92 Å². The van der Waals surface area contributed by atoms with Gasteiger partial charge in [0, 0.05) is 11.5 Å². The zero-order valence-corrected chi connectivity index (χ0v) is 15.3. The van der Waals surface area contributed by atoms with Gasteiger partial charge >= 0.3 is 0 Å². The molecule has 0 aliphatic heterocycles. The Hall–Kier alpha value is -2.18. The van der Waals surface area contributed by atoms with Gasteiger partial charge in [-0.25, -0.2) is 9.97 Å². The van der Waals surface area contributed by atoms with Crippen molar-refractivity contribution in [2.75, 3.05) is 18.5 Å². The Balaban J connectivity index is 0.00000208. The van der Waals surface area contributed by atoms with E-state index in [0.29, 0.717) is 17.3 Å². The molecular weight excluding hydrogens is 346 g/mol. The monoisotopic (exact) mass is 363 g/mol. The quantitative estimate of drug-likeness (QED) is 0.698. The first kappa shape index (κ1) is 18.2. The molecular formula is C17H18ClN3O2S. The fourth-order valence-corrected chi connectivity index (χ4v) is 2.70. The van der Waals surface area contributed by atoms with Crippen LogP contribution < -0.4 is 13.8 Å². The molecule has 0 unspecified atom stereocenters. The van der Waals surface area contributed by atoms with Gasteiger partial charge in [-0.2, -0.15) is 0 Å². The molecule has 2 aromatic carbocycles. The van der Waals surface area contributed by atoms with Crippen molar-refractivity contribution >= 4 is 47.6 Å². The van der Waals surface area contributed by atoms with E-state index in [1.165, 1.54) is 6.33 Å². The summed E-state index contributed by atoms with van der Waals surface area (Å²) in [6, 6.07) is 11.7. The second-order valence-electron chi connectivity index (χ2n) is 5.07. The van der Waals surface area contributed by atoms with Gasteiger partial charge in [0.2, 0.25) is 0 Å². The summed E-state index contributed by atoms with van der Waals surface area (Å²) in [5.74, 6) is 1.94. The minimum atomic E-state index is 0. The maximum atomic E-state index is 5.38. The molecule has 0 saturated heterocycles. The molecule has 1 aromatic heterocycles. The largest absolute Gasteiger partial charge is 0.493 e. The molecule has 24 heavy (non-hydrogen) atoms. The first-order chi connectivity index (χ1) is 11.1. The highest BCUT2D eigenvalue weighted by atomic mass is 35.5. The molecule has 3 rings (SSSR count). The Kier molecular flexibility index (Phi) is 5.75. The molecule has 0 aliphatic carbocycles. The van der Waals surface area contributed by atoms with Gasteiger partial charge in [-0.1, -0.05) is 24.9 Å². The number of thiol groups is 1. The van der Waals surface area contributed by atoms with Crippen LogP contribution in [0.1, 0.15) is 5.56 Å². The fourth-order valence-electron chi connectivity index (χ4n) is 2.42. The number of aromatic nitrogens is 2. The number of hydrogen-bond donors (Lipinski definition) is 1. The minimum Gasteiger partial charge on any atom is -0.493 e. The number of hydrogen-bond acceptors (Lipinski definition) is 6. The van der Waals surface area contributed by atoms with E-state index in [1.807, 2.05) is 43.3 Å². The van der Waals surface area contributed by atoms with Crippen LogP contribution in [0.5, 0.6) is 11.5 Å². The molecule has 0 aliphatic rings. The summed E-state index contributed by atoms with van der Waals surface area (Å²) in [4.78, 5) is 8.70. The molecule has 3 aromatic rings. The van der Waals surface area contributed by atoms with Gasteiger partial charge in [0.1, 0.15) is 6.33 Å². The molecule has 126 valence electrons. The smallest absolute Gasteiger partial charge is 0.162 e. The lowest BCUT2D eigenvalue weighted by molar-refractivity contribution is 0.356. The predicted octanol–water partition coefficient (Wildman–Crippen LogP) is 4.36. The molecule has 0 atom stereocenters. The maximum absolute atomic E-state index is 5.38. The van der Waals surface area contributed by atoms with Crippen LogP contribution in [-0.2, 0) is 0 Å². The van der Waals surface area contributed by atoms with Crippen LogP contribution in [0.25, 0.3) is 10.9 Å². The summed E-state index contributed by atoms with van der Waals surface area (Å²) in [7, 11) is 3.20. The van der Waals surface area contributed by atoms with Crippen molar-refractivity contribution in [2.24, 2.45) is 0 Å². The van der Waals surface area contributed by atoms with Gasteiger partial charge in [0.05, 0.1) is 25.4 Å². The van der Waals surface area contributed by atoms with Gasteiger partial charge in [0.25, 0.3) is 0 Å². The molecule has 1 heterocycles. The Labute approximate surface area is 152 Å². The number of ether oxygens (including phenoxy) is 2. The molecule has 0 bridgehead atoms. The highest BCUT2D eigenvalue weighted by molar-refractivity contribution is 7.82. The van der Waals surface area contributed by atoms with E-state index in [-0.39, 0.29) is 12.4 Å². The highest BCUT2D eigenvalue weighted by Gasteiger charge is 2.15. The summed E-state index contributed by atoms with van der Waals surface area (Å²) < 4.78 is 12.4. The Morgan fingerprint density at radius 1 is 1.00 bits per heavy atom.